The number of aryl methyl sites for hydroxylation is 1. The molecule has 1 atom stereocenters. The fraction of sp³-hybridized carbons (Fsp3) is 0.316. The van der Waals surface area contributed by atoms with Crippen LogP contribution in [0.2, 0.25) is 0 Å². The number of methoxy groups -OCH3 is 1. The molecule has 0 aliphatic carbocycles. The first-order valence-corrected chi connectivity index (χ1v) is 10.2. The first-order valence-electron chi connectivity index (χ1n) is 8.68. The van der Waals surface area contributed by atoms with Gasteiger partial charge in [-0.05, 0) is 61.9 Å². The van der Waals surface area contributed by atoms with Crippen LogP contribution in [0.1, 0.15) is 22.3 Å². The quantitative estimate of drug-likeness (QED) is 0.660. The van der Waals surface area contributed by atoms with Gasteiger partial charge in [0, 0.05) is 23.8 Å². The van der Waals surface area contributed by atoms with E-state index in [4.69, 9.17) is 4.74 Å². The van der Waals surface area contributed by atoms with E-state index in [1.165, 1.54) is 12.1 Å². The summed E-state index contributed by atoms with van der Waals surface area (Å²) in [4.78, 5) is 12.6. The average molecular weight is 426 g/mol. The van der Waals surface area contributed by atoms with Crippen LogP contribution in [-0.4, -0.2) is 40.6 Å². The van der Waals surface area contributed by atoms with E-state index in [2.05, 4.69) is 15.4 Å². The lowest BCUT2D eigenvalue weighted by Crippen LogP contribution is -2.36. The molecule has 3 rings (SSSR count). The van der Waals surface area contributed by atoms with Crippen LogP contribution in [0.25, 0.3) is 0 Å². The van der Waals surface area contributed by atoms with Crippen LogP contribution in [0.4, 0.5) is 5.69 Å². The van der Waals surface area contributed by atoms with Crippen molar-refractivity contribution in [3.8, 4) is 5.75 Å². The molecule has 1 saturated heterocycles. The molecule has 152 valence electrons. The highest BCUT2D eigenvalue weighted by molar-refractivity contribution is 7.92. The summed E-state index contributed by atoms with van der Waals surface area (Å²) in [6.07, 6.45) is 0.863. The first kappa shape index (κ1) is 22.0. The number of carbonyl (C=O) groups excluding carboxylic acids is 1. The van der Waals surface area contributed by atoms with Crippen LogP contribution in [-0.2, 0) is 10.0 Å². The predicted octanol–water partition coefficient (Wildman–Crippen LogP) is 2.32. The standard InChI is InChI=1S/C19H23N3O4S.ClH/c1-13-3-8-17(11-18(13)19(23)21-15-9-10-20-12-15)27(24,25)22-14-4-6-16(26-2)7-5-14;/h3-8,11,15,20,22H,9-10,12H2,1-2H3,(H,21,23);1H. The van der Waals surface area contributed by atoms with E-state index < -0.39 is 10.0 Å². The number of sulfonamides is 1. The van der Waals surface area contributed by atoms with Crippen molar-refractivity contribution in [1.82, 2.24) is 10.6 Å². The van der Waals surface area contributed by atoms with Crippen LogP contribution < -0.4 is 20.1 Å². The summed E-state index contributed by atoms with van der Waals surface area (Å²) in [5.74, 6) is 0.372. The minimum atomic E-state index is -3.82. The number of anilines is 1. The summed E-state index contributed by atoms with van der Waals surface area (Å²) in [6, 6.07) is 11.2. The molecule has 1 aliphatic heterocycles. The zero-order chi connectivity index (χ0) is 19.4. The Morgan fingerprint density at radius 3 is 2.50 bits per heavy atom. The topological polar surface area (TPSA) is 96.5 Å². The zero-order valence-corrected chi connectivity index (χ0v) is 17.3. The molecule has 0 radical (unpaired) electrons. The van der Waals surface area contributed by atoms with Crippen molar-refractivity contribution in [2.75, 3.05) is 24.9 Å². The van der Waals surface area contributed by atoms with Gasteiger partial charge in [-0.1, -0.05) is 6.07 Å². The molecule has 1 unspecified atom stereocenters. The van der Waals surface area contributed by atoms with Gasteiger partial charge in [0.25, 0.3) is 15.9 Å². The SMILES string of the molecule is COc1ccc(NS(=O)(=O)c2ccc(C)c(C(=O)NC3CCNC3)c2)cc1.Cl. The normalized spacial score (nSPS) is 16.1. The summed E-state index contributed by atoms with van der Waals surface area (Å²) in [5.41, 5.74) is 1.50. The average Bonchev–Trinajstić information content (AvgIpc) is 3.15. The third-order valence-corrected chi connectivity index (χ3v) is 5.88. The van der Waals surface area contributed by atoms with E-state index in [-0.39, 0.29) is 29.3 Å². The van der Waals surface area contributed by atoms with E-state index in [1.54, 1.807) is 44.4 Å². The highest BCUT2D eigenvalue weighted by Gasteiger charge is 2.21. The summed E-state index contributed by atoms with van der Waals surface area (Å²) < 4.78 is 33.0. The van der Waals surface area contributed by atoms with Crippen molar-refractivity contribution in [3.63, 3.8) is 0 Å². The van der Waals surface area contributed by atoms with Gasteiger partial charge in [0.15, 0.2) is 0 Å². The third-order valence-electron chi connectivity index (χ3n) is 4.50. The number of hydrogen-bond donors (Lipinski definition) is 3. The van der Waals surface area contributed by atoms with Crippen LogP contribution in [0.15, 0.2) is 47.4 Å². The largest absolute Gasteiger partial charge is 0.497 e. The Kier molecular flexibility index (Phi) is 7.29. The number of rotatable bonds is 6. The molecule has 7 nitrogen and oxygen atoms in total. The Morgan fingerprint density at radius 2 is 1.89 bits per heavy atom. The second kappa shape index (κ2) is 9.27. The Balaban J connectivity index is 0.00000280. The van der Waals surface area contributed by atoms with E-state index >= 15 is 0 Å². The second-order valence-electron chi connectivity index (χ2n) is 6.47. The van der Waals surface area contributed by atoms with Crippen molar-refractivity contribution in [2.24, 2.45) is 0 Å². The van der Waals surface area contributed by atoms with Gasteiger partial charge in [-0.25, -0.2) is 8.42 Å². The van der Waals surface area contributed by atoms with E-state index in [0.717, 1.165) is 25.1 Å². The molecule has 2 aromatic rings. The number of nitrogens with one attached hydrogen (secondary N) is 3. The highest BCUT2D eigenvalue weighted by atomic mass is 35.5. The second-order valence-corrected chi connectivity index (χ2v) is 8.16. The summed E-state index contributed by atoms with van der Waals surface area (Å²) in [5, 5.41) is 6.13. The maximum Gasteiger partial charge on any atom is 0.261 e. The molecular weight excluding hydrogens is 402 g/mol. The number of ether oxygens (including phenoxy) is 1. The molecule has 0 spiro atoms. The van der Waals surface area contributed by atoms with Crippen LogP contribution in [0, 0.1) is 6.92 Å². The fourth-order valence-electron chi connectivity index (χ4n) is 2.93. The molecule has 9 heteroatoms. The van der Waals surface area contributed by atoms with Crippen molar-refractivity contribution < 1.29 is 17.9 Å². The van der Waals surface area contributed by atoms with Gasteiger partial charge in [-0.3, -0.25) is 9.52 Å². The smallest absolute Gasteiger partial charge is 0.261 e. The van der Waals surface area contributed by atoms with Crippen LogP contribution in [0.3, 0.4) is 0 Å². The number of hydrogen-bond acceptors (Lipinski definition) is 5. The fourth-order valence-corrected chi connectivity index (χ4v) is 4.01. The number of carbonyl (C=O) groups is 1. The molecular formula is C19H24ClN3O4S. The molecule has 1 fully saturated rings. The lowest BCUT2D eigenvalue weighted by Gasteiger charge is -2.14. The maximum atomic E-state index is 12.7. The van der Waals surface area contributed by atoms with E-state index in [1.807, 2.05) is 0 Å². The van der Waals surface area contributed by atoms with Crippen LogP contribution in [0.5, 0.6) is 5.75 Å². The van der Waals surface area contributed by atoms with Crippen molar-refractivity contribution in [1.29, 1.82) is 0 Å². The summed E-state index contributed by atoms with van der Waals surface area (Å²) in [7, 11) is -2.27. The number of benzene rings is 2. The van der Waals surface area contributed by atoms with Gasteiger partial charge >= 0.3 is 0 Å². The molecule has 2 aromatic carbocycles. The van der Waals surface area contributed by atoms with Crippen LogP contribution >= 0.6 is 12.4 Å². The van der Waals surface area contributed by atoms with Gasteiger partial charge in [0.2, 0.25) is 0 Å². The minimum Gasteiger partial charge on any atom is -0.497 e. The lowest BCUT2D eigenvalue weighted by molar-refractivity contribution is 0.0939. The first-order chi connectivity index (χ1) is 12.9. The third kappa shape index (κ3) is 5.15. The molecule has 1 heterocycles. The maximum absolute atomic E-state index is 12.7. The lowest BCUT2D eigenvalue weighted by atomic mass is 10.1. The molecule has 0 saturated carbocycles. The zero-order valence-electron chi connectivity index (χ0n) is 15.7. The highest BCUT2D eigenvalue weighted by Crippen LogP contribution is 2.21. The number of amides is 1. The molecule has 28 heavy (non-hydrogen) atoms. The van der Waals surface area contributed by atoms with Crippen molar-refractivity contribution in [3.05, 3.63) is 53.6 Å². The van der Waals surface area contributed by atoms with Crippen molar-refractivity contribution >= 4 is 34.0 Å². The molecule has 3 N–H and O–H groups in total. The number of halogens is 1. The molecule has 1 aliphatic rings. The Bertz CT molecular complexity index is 927. The van der Waals surface area contributed by atoms with Gasteiger partial charge in [0.1, 0.15) is 5.75 Å². The van der Waals surface area contributed by atoms with E-state index in [9.17, 15) is 13.2 Å². The van der Waals surface area contributed by atoms with Gasteiger partial charge in [-0.15, -0.1) is 12.4 Å². The Hall–Kier alpha value is -2.29. The van der Waals surface area contributed by atoms with Gasteiger partial charge in [-0.2, -0.15) is 0 Å². The molecule has 0 bridgehead atoms. The Labute approximate surface area is 171 Å². The molecule has 1 amide bonds. The Morgan fingerprint density at radius 1 is 1.18 bits per heavy atom. The summed E-state index contributed by atoms with van der Waals surface area (Å²) >= 11 is 0. The van der Waals surface area contributed by atoms with Crippen molar-refractivity contribution in [2.45, 2.75) is 24.3 Å². The monoisotopic (exact) mass is 425 g/mol. The van der Waals surface area contributed by atoms with Gasteiger partial charge < -0.3 is 15.4 Å². The predicted molar refractivity (Wildman–Crippen MR) is 111 cm³/mol. The minimum absolute atomic E-state index is 0. The summed E-state index contributed by atoms with van der Waals surface area (Å²) in [6.45, 7) is 3.38. The van der Waals surface area contributed by atoms with Gasteiger partial charge in [0.05, 0.1) is 12.0 Å². The molecule has 0 aromatic heterocycles. The van der Waals surface area contributed by atoms with E-state index in [0.29, 0.717) is 17.0 Å².